The van der Waals surface area contributed by atoms with Crippen LogP contribution in [0.15, 0.2) is 18.3 Å². The fourth-order valence-corrected chi connectivity index (χ4v) is 2.75. The Labute approximate surface area is 128 Å². The third kappa shape index (κ3) is 3.10. The minimum absolute atomic E-state index is 0.0691. The zero-order chi connectivity index (χ0) is 15.6. The van der Waals surface area contributed by atoms with Crippen LogP contribution < -0.4 is 10.6 Å². The summed E-state index contributed by atoms with van der Waals surface area (Å²) in [5, 5.41) is 16.1. The van der Waals surface area contributed by atoms with Crippen molar-refractivity contribution in [1.29, 1.82) is 0 Å². The maximum atomic E-state index is 11.9. The Kier molecular flexibility index (Phi) is 4.08. The van der Waals surface area contributed by atoms with Crippen molar-refractivity contribution in [1.82, 2.24) is 25.2 Å². The molecule has 2 aromatic heterocycles. The summed E-state index contributed by atoms with van der Waals surface area (Å²) in [7, 11) is 1.91. The lowest BCUT2D eigenvalue weighted by Gasteiger charge is -2.21. The molecule has 2 aromatic rings. The first-order chi connectivity index (χ1) is 10.6. The summed E-state index contributed by atoms with van der Waals surface area (Å²) in [5.74, 6) is 0.769. The molecule has 1 aliphatic heterocycles. The minimum Gasteiger partial charge on any atom is -0.387 e. The molecule has 22 heavy (non-hydrogen) atoms. The largest absolute Gasteiger partial charge is 0.387 e. The van der Waals surface area contributed by atoms with Gasteiger partial charge in [0, 0.05) is 39.2 Å². The summed E-state index contributed by atoms with van der Waals surface area (Å²) in [6.45, 7) is 1.62. The number of pyridine rings is 1. The van der Waals surface area contributed by atoms with Crippen LogP contribution in [0.2, 0.25) is 0 Å². The average molecular weight is 303 g/mol. The molecule has 0 unspecified atom stereocenters. The number of aromatic nitrogens is 3. The fraction of sp³-hybridized carbons (Fsp3) is 0.533. The topological polar surface area (TPSA) is 92.1 Å². The van der Waals surface area contributed by atoms with Crippen molar-refractivity contribution in [3.63, 3.8) is 0 Å². The van der Waals surface area contributed by atoms with Crippen molar-refractivity contribution in [3.05, 3.63) is 24.2 Å². The van der Waals surface area contributed by atoms with E-state index in [1.807, 2.05) is 23.7 Å². The molecule has 0 saturated carbocycles. The summed E-state index contributed by atoms with van der Waals surface area (Å²) in [6.07, 6.45) is 3.30. The third-order valence-electron chi connectivity index (χ3n) is 4.13. The molecule has 3 rings (SSSR count). The van der Waals surface area contributed by atoms with E-state index >= 15 is 0 Å². The van der Waals surface area contributed by atoms with Crippen LogP contribution >= 0.6 is 0 Å². The van der Waals surface area contributed by atoms with E-state index in [2.05, 4.69) is 20.6 Å². The molecule has 1 atom stereocenters. The summed E-state index contributed by atoms with van der Waals surface area (Å²) >= 11 is 0. The number of nitrogens with zero attached hydrogens (tertiary/aromatic N) is 3. The van der Waals surface area contributed by atoms with Crippen LogP contribution in [0.25, 0.3) is 11.2 Å². The number of nitrogens with one attached hydrogen (secondary N) is 2. The van der Waals surface area contributed by atoms with E-state index in [0.717, 1.165) is 23.5 Å². The molecule has 1 amide bonds. The monoisotopic (exact) mass is 303 g/mol. The maximum absolute atomic E-state index is 11.9. The van der Waals surface area contributed by atoms with Gasteiger partial charge in [-0.25, -0.2) is 9.97 Å². The van der Waals surface area contributed by atoms with Crippen LogP contribution in [-0.2, 0) is 18.3 Å². The number of aryl methyl sites for hydroxylation is 2. The lowest BCUT2D eigenvalue weighted by atomic mass is 10.0. The van der Waals surface area contributed by atoms with Crippen LogP contribution in [0, 0.1) is 0 Å². The first kappa shape index (κ1) is 14.9. The van der Waals surface area contributed by atoms with Gasteiger partial charge >= 0.3 is 0 Å². The number of carbonyl (C=O) groups is 1. The highest BCUT2D eigenvalue weighted by Gasteiger charge is 2.31. The normalized spacial score (nSPS) is 21.4. The number of hydrogen-bond acceptors (Lipinski definition) is 5. The molecule has 0 radical (unpaired) electrons. The van der Waals surface area contributed by atoms with Gasteiger partial charge in [0.15, 0.2) is 5.65 Å². The molecule has 0 spiro atoms. The van der Waals surface area contributed by atoms with Crippen molar-refractivity contribution < 1.29 is 9.90 Å². The summed E-state index contributed by atoms with van der Waals surface area (Å²) < 4.78 is 1.91. The number of fused-ring (bicyclic) bond motifs is 1. The fourth-order valence-electron chi connectivity index (χ4n) is 2.75. The molecule has 3 heterocycles. The number of rotatable bonds is 5. The number of amides is 1. The average Bonchev–Trinajstić information content (AvgIpc) is 3.09. The lowest BCUT2D eigenvalue weighted by molar-refractivity contribution is -0.122. The van der Waals surface area contributed by atoms with Gasteiger partial charge in [0.05, 0.1) is 5.60 Å². The van der Waals surface area contributed by atoms with E-state index in [4.69, 9.17) is 0 Å². The molecular weight excluding hydrogens is 282 g/mol. The zero-order valence-corrected chi connectivity index (χ0v) is 12.7. The first-order valence-corrected chi connectivity index (χ1v) is 7.53. The third-order valence-corrected chi connectivity index (χ3v) is 4.13. The van der Waals surface area contributed by atoms with Crippen LogP contribution in [0.4, 0.5) is 0 Å². The highest BCUT2D eigenvalue weighted by molar-refractivity contribution is 5.76. The van der Waals surface area contributed by atoms with Crippen molar-refractivity contribution in [2.45, 2.75) is 24.9 Å². The number of aliphatic hydroxyl groups is 1. The van der Waals surface area contributed by atoms with E-state index in [9.17, 15) is 9.90 Å². The predicted octanol–water partition coefficient (Wildman–Crippen LogP) is -0.258. The quantitative estimate of drug-likeness (QED) is 0.708. The Morgan fingerprint density at radius 1 is 1.59 bits per heavy atom. The second kappa shape index (κ2) is 6.02. The van der Waals surface area contributed by atoms with Gasteiger partial charge in [-0.1, -0.05) is 0 Å². The smallest absolute Gasteiger partial charge is 0.220 e. The van der Waals surface area contributed by atoms with E-state index in [0.29, 0.717) is 32.4 Å². The Hall–Kier alpha value is -1.99. The van der Waals surface area contributed by atoms with Gasteiger partial charge in [0.25, 0.3) is 0 Å². The number of β-amino-alcohol motifs (C(OH)–C–C–N with tert-alkyl or cyclic N) is 1. The summed E-state index contributed by atoms with van der Waals surface area (Å²) in [4.78, 5) is 20.7. The van der Waals surface area contributed by atoms with Crippen LogP contribution in [0.1, 0.15) is 18.7 Å². The van der Waals surface area contributed by atoms with E-state index < -0.39 is 5.60 Å². The molecule has 7 heteroatoms. The molecule has 1 aliphatic rings. The zero-order valence-electron chi connectivity index (χ0n) is 12.7. The molecule has 0 aliphatic carbocycles. The SMILES string of the molecule is Cn1c(CCC(=O)NC[C@]2(O)CCNC2)nc2cccnc21. The maximum Gasteiger partial charge on any atom is 0.220 e. The Balaban J connectivity index is 1.55. The molecule has 0 bridgehead atoms. The Morgan fingerprint density at radius 3 is 3.18 bits per heavy atom. The molecule has 1 fully saturated rings. The molecule has 118 valence electrons. The number of carbonyl (C=O) groups excluding carboxylic acids is 1. The van der Waals surface area contributed by atoms with Crippen LogP contribution in [0.5, 0.6) is 0 Å². The molecule has 3 N–H and O–H groups in total. The van der Waals surface area contributed by atoms with Gasteiger partial charge < -0.3 is 20.3 Å². The minimum atomic E-state index is -0.808. The van der Waals surface area contributed by atoms with Crippen molar-refractivity contribution in [2.24, 2.45) is 7.05 Å². The van der Waals surface area contributed by atoms with Gasteiger partial charge in [-0.3, -0.25) is 4.79 Å². The summed E-state index contributed by atoms with van der Waals surface area (Å²) in [5.41, 5.74) is 0.855. The van der Waals surface area contributed by atoms with Gasteiger partial charge in [-0.2, -0.15) is 0 Å². The van der Waals surface area contributed by atoms with Crippen molar-refractivity contribution in [2.75, 3.05) is 19.6 Å². The molecular formula is C15H21N5O2. The van der Waals surface area contributed by atoms with Gasteiger partial charge in [0.1, 0.15) is 11.3 Å². The van der Waals surface area contributed by atoms with E-state index in [1.54, 1.807) is 6.20 Å². The second-order valence-electron chi connectivity index (χ2n) is 5.86. The number of hydrogen-bond donors (Lipinski definition) is 3. The van der Waals surface area contributed by atoms with Crippen molar-refractivity contribution >= 4 is 17.1 Å². The Morgan fingerprint density at radius 2 is 2.45 bits per heavy atom. The highest BCUT2D eigenvalue weighted by Crippen LogP contribution is 2.14. The van der Waals surface area contributed by atoms with Gasteiger partial charge in [0.2, 0.25) is 5.91 Å². The lowest BCUT2D eigenvalue weighted by Crippen LogP contribution is -2.44. The Bertz CT molecular complexity index is 676. The van der Waals surface area contributed by atoms with E-state index in [1.165, 1.54) is 0 Å². The standard InChI is InChI=1S/C15H21N5O2/c1-20-12(19-11-3-2-7-17-14(11)20)4-5-13(21)18-10-15(22)6-8-16-9-15/h2-3,7,16,22H,4-6,8-10H2,1H3,(H,18,21)/t15-/m0/s1. The van der Waals surface area contributed by atoms with Gasteiger partial charge in [-0.15, -0.1) is 0 Å². The van der Waals surface area contributed by atoms with E-state index in [-0.39, 0.29) is 5.91 Å². The highest BCUT2D eigenvalue weighted by atomic mass is 16.3. The van der Waals surface area contributed by atoms with Crippen molar-refractivity contribution in [3.8, 4) is 0 Å². The second-order valence-corrected chi connectivity index (χ2v) is 5.86. The molecule has 7 nitrogen and oxygen atoms in total. The predicted molar refractivity (Wildman–Crippen MR) is 82.3 cm³/mol. The first-order valence-electron chi connectivity index (χ1n) is 7.53. The van der Waals surface area contributed by atoms with Gasteiger partial charge in [-0.05, 0) is 25.1 Å². The molecule has 0 aromatic carbocycles. The van der Waals surface area contributed by atoms with Crippen LogP contribution in [-0.4, -0.2) is 50.8 Å². The number of imidazole rings is 1. The van der Waals surface area contributed by atoms with Crippen LogP contribution in [0.3, 0.4) is 0 Å². The summed E-state index contributed by atoms with van der Waals surface area (Å²) in [6, 6.07) is 3.76. The molecule has 1 saturated heterocycles.